The molecular weight excluding hydrogens is 321 g/mol. The van der Waals surface area contributed by atoms with Crippen molar-refractivity contribution in [3.8, 4) is 5.75 Å². The molecule has 5 heteroatoms. The number of carbonyl (C=O) groups is 2. The Balaban J connectivity index is 1.92. The van der Waals surface area contributed by atoms with E-state index in [0.717, 1.165) is 5.56 Å². The summed E-state index contributed by atoms with van der Waals surface area (Å²) < 4.78 is 18.5. The number of hydrogen-bond donors (Lipinski definition) is 0. The lowest BCUT2D eigenvalue weighted by Crippen LogP contribution is -2.33. The van der Waals surface area contributed by atoms with E-state index in [1.165, 1.54) is 12.1 Å². The second-order valence-corrected chi connectivity index (χ2v) is 5.82. The van der Waals surface area contributed by atoms with Crippen molar-refractivity contribution < 1.29 is 18.7 Å². The second kappa shape index (κ2) is 8.42. The number of amides is 1. The van der Waals surface area contributed by atoms with Gasteiger partial charge in [-0.2, -0.15) is 0 Å². The van der Waals surface area contributed by atoms with Crippen LogP contribution in [0.15, 0.2) is 48.5 Å². The molecule has 4 nitrogen and oxygen atoms in total. The lowest BCUT2D eigenvalue weighted by molar-refractivity contribution is -0.134. The summed E-state index contributed by atoms with van der Waals surface area (Å²) in [7, 11) is 1.68. The summed E-state index contributed by atoms with van der Waals surface area (Å²) in [6.07, 6.45) is 0.449. The molecule has 25 heavy (non-hydrogen) atoms. The number of ketones is 1. The largest absolute Gasteiger partial charge is 0.484 e. The van der Waals surface area contributed by atoms with Crippen LogP contribution in [-0.2, 0) is 4.79 Å². The van der Waals surface area contributed by atoms with Crippen LogP contribution in [0.4, 0.5) is 4.39 Å². The highest BCUT2D eigenvalue weighted by Crippen LogP contribution is 2.20. The molecule has 2 aromatic carbocycles. The van der Waals surface area contributed by atoms with Gasteiger partial charge in [-0.1, -0.05) is 19.1 Å². The number of nitrogens with zero attached hydrogens (tertiary/aromatic N) is 1. The zero-order chi connectivity index (χ0) is 18.4. The van der Waals surface area contributed by atoms with Gasteiger partial charge in [-0.05, 0) is 48.9 Å². The fourth-order valence-electron chi connectivity index (χ4n) is 2.37. The van der Waals surface area contributed by atoms with E-state index in [1.807, 2.05) is 13.8 Å². The molecule has 0 fully saturated rings. The van der Waals surface area contributed by atoms with Crippen molar-refractivity contribution in [3.63, 3.8) is 0 Å². The molecule has 0 aliphatic carbocycles. The van der Waals surface area contributed by atoms with Gasteiger partial charge in [0.15, 0.2) is 12.4 Å². The highest BCUT2D eigenvalue weighted by molar-refractivity contribution is 5.95. The van der Waals surface area contributed by atoms with Crippen LogP contribution in [0.1, 0.15) is 42.2 Å². The second-order valence-electron chi connectivity index (χ2n) is 5.82. The van der Waals surface area contributed by atoms with Crippen molar-refractivity contribution in [2.24, 2.45) is 0 Å². The number of ether oxygens (including phenoxy) is 1. The molecule has 0 N–H and O–H groups in total. The molecule has 0 spiro atoms. The first-order valence-corrected chi connectivity index (χ1v) is 8.19. The fourth-order valence-corrected chi connectivity index (χ4v) is 2.37. The molecule has 0 saturated carbocycles. The van der Waals surface area contributed by atoms with E-state index in [-0.39, 0.29) is 30.2 Å². The minimum Gasteiger partial charge on any atom is -0.484 e. The van der Waals surface area contributed by atoms with Gasteiger partial charge in [-0.25, -0.2) is 4.39 Å². The summed E-state index contributed by atoms with van der Waals surface area (Å²) in [4.78, 5) is 25.4. The standard InChI is InChI=1S/C20H22FNO3/c1-4-19(23)16-7-11-18(12-8-16)25-13-20(24)22(3)14(2)15-5-9-17(21)10-6-15/h5-12,14H,4,13H2,1-3H3. The minimum absolute atomic E-state index is 0.0653. The Hall–Kier alpha value is -2.69. The van der Waals surface area contributed by atoms with Crippen LogP contribution in [0.25, 0.3) is 0 Å². The summed E-state index contributed by atoms with van der Waals surface area (Å²) in [5, 5.41) is 0. The quantitative estimate of drug-likeness (QED) is 0.714. The van der Waals surface area contributed by atoms with E-state index in [1.54, 1.807) is 48.3 Å². The molecule has 1 unspecified atom stereocenters. The highest BCUT2D eigenvalue weighted by Gasteiger charge is 2.18. The Kier molecular flexibility index (Phi) is 6.28. The Morgan fingerprint density at radius 3 is 2.24 bits per heavy atom. The van der Waals surface area contributed by atoms with E-state index in [4.69, 9.17) is 4.74 Å². The first kappa shape index (κ1) is 18.6. The summed E-state index contributed by atoms with van der Waals surface area (Å²) in [6.45, 7) is 3.57. The monoisotopic (exact) mass is 343 g/mol. The molecule has 132 valence electrons. The summed E-state index contributed by atoms with van der Waals surface area (Å²) in [5.74, 6) is 0.100. The molecule has 2 rings (SSSR count). The maximum absolute atomic E-state index is 13.0. The Morgan fingerprint density at radius 1 is 1.08 bits per heavy atom. The first-order valence-electron chi connectivity index (χ1n) is 8.19. The lowest BCUT2D eigenvalue weighted by Gasteiger charge is -2.25. The van der Waals surface area contributed by atoms with Crippen LogP contribution in [0.3, 0.4) is 0 Å². The molecular formula is C20H22FNO3. The SMILES string of the molecule is CCC(=O)c1ccc(OCC(=O)N(C)C(C)c2ccc(F)cc2)cc1. The van der Waals surface area contributed by atoms with Gasteiger partial charge in [-0.3, -0.25) is 9.59 Å². The third-order valence-electron chi connectivity index (χ3n) is 4.19. The van der Waals surface area contributed by atoms with Gasteiger partial charge in [0, 0.05) is 19.0 Å². The third-order valence-corrected chi connectivity index (χ3v) is 4.19. The molecule has 0 radical (unpaired) electrons. The Bertz CT molecular complexity index is 726. The predicted octanol–water partition coefficient (Wildman–Crippen LogP) is 4.02. The van der Waals surface area contributed by atoms with E-state index in [0.29, 0.717) is 17.7 Å². The Labute approximate surface area is 147 Å². The van der Waals surface area contributed by atoms with Gasteiger partial charge >= 0.3 is 0 Å². The number of benzene rings is 2. The fraction of sp³-hybridized carbons (Fsp3) is 0.300. The zero-order valence-electron chi connectivity index (χ0n) is 14.7. The number of Topliss-reactive ketones (excluding diaryl/α,β-unsaturated/α-hetero) is 1. The van der Waals surface area contributed by atoms with Crippen molar-refractivity contribution in [1.82, 2.24) is 4.90 Å². The van der Waals surface area contributed by atoms with Crippen LogP contribution >= 0.6 is 0 Å². The van der Waals surface area contributed by atoms with E-state index < -0.39 is 0 Å². The average molecular weight is 343 g/mol. The van der Waals surface area contributed by atoms with Gasteiger partial charge in [0.05, 0.1) is 6.04 Å². The van der Waals surface area contributed by atoms with Gasteiger partial charge in [0.25, 0.3) is 5.91 Å². The lowest BCUT2D eigenvalue weighted by atomic mass is 10.1. The average Bonchev–Trinajstić information content (AvgIpc) is 2.65. The van der Waals surface area contributed by atoms with Gasteiger partial charge in [-0.15, -0.1) is 0 Å². The number of carbonyl (C=O) groups excluding carboxylic acids is 2. The summed E-state index contributed by atoms with van der Waals surface area (Å²) in [5.41, 5.74) is 1.47. The number of hydrogen-bond acceptors (Lipinski definition) is 3. The van der Waals surface area contributed by atoms with Crippen LogP contribution < -0.4 is 4.74 Å². The number of likely N-dealkylation sites (N-methyl/N-ethyl adjacent to an activating group) is 1. The van der Waals surface area contributed by atoms with Crippen LogP contribution in [0.2, 0.25) is 0 Å². The molecule has 2 aromatic rings. The maximum Gasteiger partial charge on any atom is 0.260 e. The van der Waals surface area contributed by atoms with Gasteiger partial charge in [0.2, 0.25) is 0 Å². The van der Waals surface area contributed by atoms with E-state index >= 15 is 0 Å². The topological polar surface area (TPSA) is 46.6 Å². The normalized spacial score (nSPS) is 11.7. The molecule has 0 bridgehead atoms. The van der Waals surface area contributed by atoms with E-state index in [2.05, 4.69) is 0 Å². The smallest absolute Gasteiger partial charge is 0.260 e. The first-order chi connectivity index (χ1) is 11.9. The van der Waals surface area contributed by atoms with Crippen LogP contribution in [0.5, 0.6) is 5.75 Å². The molecule has 0 aliphatic heterocycles. The highest BCUT2D eigenvalue weighted by atomic mass is 19.1. The third kappa shape index (κ3) is 4.89. The molecule has 0 heterocycles. The van der Waals surface area contributed by atoms with Crippen molar-refractivity contribution >= 4 is 11.7 Å². The van der Waals surface area contributed by atoms with Crippen molar-refractivity contribution in [3.05, 3.63) is 65.5 Å². The number of rotatable bonds is 7. The summed E-state index contributed by atoms with van der Waals surface area (Å²) in [6, 6.07) is 12.6. The molecule has 0 aliphatic rings. The van der Waals surface area contributed by atoms with Crippen LogP contribution in [-0.4, -0.2) is 30.2 Å². The van der Waals surface area contributed by atoms with Crippen molar-refractivity contribution in [1.29, 1.82) is 0 Å². The number of halogens is 1. The van der Waals surface area contributed by atoms with Crippen molar-refractivity contribution in [2.75, 3.05) is 13.7 Å². The predicted molar refractivity (Wildman–Crippen MR) is 94.1 cm³/mol. The van der Waals surface area contributed by atoms with Crippen LogP contribution in [0, 0.1) is 5.82 Å². The summed E-state index contributed by atoms with van der Waals surface area (Å²) >= 11 is 0. The van der Waals surface area contributed by atoms with Gasteiger partial charge in [0.1, 0.15) is 11.6 Å². The molecule has 0 aromatic heterocycles. The Morgan fingerprint density at radius 2 is 1.68 bits per heavy atom. The van der Waals surface area contributed by atoms with Gasteiger partial charge < -0.3 is 9.64 Å². The molecule has 0 saturated heterocycles. The molecule has 1 atom stereocenters. The van der Waals surface area contributed by atoms with Crippen molar-refractivity contribution in [2.45, 2.75) is 26.3 Å². The maximum atomic E-state index is 13.0. The molecule has 1 amide bonds. The minimum atomic E-state index is -0.307. The van der Waals surface area contributed by atoms with E-state index in [9.17, 15) is 14.0 Å². The zero-order valence-corrected chi connectivity index (χ0v) is 14.7.